The van der Waals surface area contributed by atoms with Gasteiger partial charge in [-0.15, -0.1) is 12.4 Å². The molecule has 1 saturated heterocycles. The van der Waals surface area contributed by atoms with Gasteiger partial charge in [0, 0.05) is 13.3 Å². The number of rotatable bonds is 5. The summed E-state index contributed by atoms with van der Waals surface area (Å²) >= 11 is 0. The van der Waals surface area contributed by atoms with E-state index in [1.807, 2.05) is 0 Å². The van der Waals surface area contributed by atoms with Crippen molar-refractivity contribution in [2.45, 2.75) is 32.6 Å². The van der Waals surface area contributed by atoms with Gasteiger partial charge in [0.25, 0.3) is 0 Å². The molecule has 1 atom stereocenters. The van der Waals surface area contributed by atoms with Crippen molar-refractivity contribution in [3.8, 4) is 0 Å². The smallest absolute Gasteiger partial charge is 0.226 e. The number of aromatic nitrogens is 4. The zero-order valence-electron chi connectivity index (χ0n) is 11.3. The molecule has 7 nitrogen and oxygen atoms in total. The summed E-state index contributed by atoms with van der Waals surface area (Å²) in [5.74, 6) is 3.18. The maximum Gasteiger partial charge on any atom is 0.226 e. The van der Waals surface area contributed by atoms with Crippen LogP contribution in [0.2, 0.25) is 0 Å². The van der Waals surface area contributed by atoms with Gasteiger partial charge in [0.1, 0.15) is 0 Å². The zero-order chi connectivity index (χ0) is 13.1. The zero-order valence-corrected chi connectivity index (χ0v) is 12.2. The minimum Gasteiger partial charge on any atom is -0.340 e. The van der Waals surface area contributed by atoms with E-state index in [9.17, 15) is 0 Å². The first-order valence-corrected chi connectivity index (χ1v) is 6.61. The standard InChI is InChI=1S/C12H17N5O2.ClH/c1-8-14-10(16-18-8)6-11-15-12(19-17-11)3-2-9-4-5-13-7-9;/h9,13H,2-7H2,1H3;1H. The van der Waals surface area contributed by atoms with Gasteiger partial charge in [0.05, 0.1) is 6.42 Å². The molecule has 0 bridgehead atoms. The molecule has 0 aromatic carbocycles. The highest BCUT2D eigenvalue weighted by atomic mass is 35.5. The van der Waals surface area contributed by atoms with Crippen LogP contribution in [0.25, 0.3) is 0 Å². The second-order valence-corrected chi connectivity index (χ2v) is 4.91. The van der Waals surface area contributed by atoms with Gasteiger partial charge in [-0.3, -0.25) is 0 Å². The molecule has 8 heteroatoms. The van der Waals surface area contributed by atoms with Crippen molar-refractivity contribution in [3.05, 3.63) is 23.4 Å². The summed E-state index contributed by atoms with van der Waals surface area (Å²) in [4.78, 5) is 8.47. The van der Waals surface area contributed by atoms with Crippen molar-refractivity contribution >= 4 is 12.4 Å². The maximum absolute atomic E-state index is 5.24. The van der Waals surface area contributed by atoms with Crippen molar-refractivity contribution in [2.24, 2.45) is 5.92 Å². The van der Waals surface area contributed by atoms with Crippen LogP contribution in [0.5, 0.6) is 0 Å². The van der Waals surface area contributed by atoms with E-state index in [2.05, 4.69) is 25.6 Å². The largest absolute Gasteiger partial charge is 0.340 e. The average Bonchev–Trinajstić information content (AvgIpc) is 3.10. The monoisotopic (exact) mass is 299 g/mol. The van der Waals surface area contributed by atoms with Crippen LogP contribution < -0.4 is 5.32 Å². The molecule has 2 aromatic rings. The Kier molecular flexibility index (Phi) is 5.08. The highest BCUT2D eigenvalue weighted by Crippen LogP contribution is 2.15. The molecule has 1 fully saturated rings. The van der Waals surface area contributed by atoms with Crippen molar-refractivity contribution < 1.29 is 9.05 Å². The molecule has 0 saturated carbocycles. The van der Waals surface area contributed by atoms with Crippen LogP contribution in [0.3, 0.4) is 0 Å². The lowest BCUT2D eigenvalue weighted by atomic mass is 10.0. The summed E-state index contributed by atoms with van der Waals surface area (Å²) in [6, 6.07) is 0. The Bertz CT molecular complexity index is 535. The van der Waals surface area contributed by atoms with Gasteiger partial charge in [-0.05, 0) is 31.8 Å². The lowest BCUT2D eigenvalue weighted by molar-refractivity contribution is 0.360. The Morgan fingerprint density at radius 2 is 2.00 bits per heavy atom. The summed E-state index contributed by atoms with van der Waals surface area (Å²) in [7, 11) is 0. The molecule has 1 N–H and O–H groups in total. The second-order valence-electron chi connectivity index (χ2n) is 4.91. The van der Waals surface area contributed by atoms with Crippen LogP contribution in [0.4, 0.5) is 0 Å². The summed E-state index contributed by atoms with van der Waals surface area (Å²) in [6.07, 6.45) is 3.62. The van der Waals surface area contributed by atoms with E-state index in [-0.39, 0.29) is 12.4 Å². The molecular formula is C12H18ClN5O2. The lowest BCUT2D eigenvalue weighted by Gasteiger charge is -2.03. The summed E-state index contributed by atoms with van der Waals surface area (Å²) < 4.78 is 10.1. The van der Waals surface area contributed by atoms with Gasteiger partial charge in [-0.25, -0.2) is 0 Å². The van der Waals surface area contributed by atoms with Crippen molar-refractivity contribution in [1.29, 1.82) is 0 Å². The molecule has 2 aromatic heterocycles. The molecule has 3 heterocycles. The molecule has 0 aliphatic carbocycles. The van der Waals surface area contributed by atoms with Gasteiger partial charge in [-0.1, -0.05) is 10.3 Å². The number of hydrogen-bond acceptors (Lipinski definition) is 7. The summed E-state index contributed by atoms with van der Waals surface area (Å²) in [5, 5.41) is 11.1. The van der Waals surface area contributed by atoms with Gasteiger partial charge < -0.3 is 14.4 Å². The molecule has 3 rings (SSSR count). The van der Waals surface area contributed by atoms with E-state index in [1.165, 1.54) is 6.42 Å². The van der Waals surface area contributed by atoms with E-state index in [4.69, 9.17) is 9.05 Å². The van der Waals surface area contributed by atoms with E-state index >= 15 is 0 Å². The Balaban J connectivity index is 0.00000147. The van der Waals surface area contributed by atoms with Crippen molar-refractivity contribution in [3.63, 3.8) is 0 Å². The topological polar surface area (TPSA) is 89.9 Å². The maximum atomic E-state index is 5.24. The van der Waals surface area contributed by atoms with Crippen LogP contribution in [0.15, 0.2) is 9.05 Å². The van der Waals surface area contributed by atoms with E-state index in [0.29, 0.717) is 29.9 Å². The van der Waals surface area contributed by atoms with Crippen LogP contribution in [0.1, 0.15) is 36.3 Å². The molecule has 0 amide bonds. The molecule has 0 spiro atoms. The fourth-order valence-corrected chi connectivity index (χ4v) is 2.31. The lowest BCUT2D eigenvalue weighted by Crippen LogP contribution is -2.09. The van der Waals surface area contributed by atoms with Crippen LogP contribution in [0, 0.1) is 12.8 Å². The molecular weight excluding hydrogens is 282 g/mol. The first-order chi connectivity index (χ1) is 9.29. The van der Waals surface area contributed by atoms with Gasteiger partial charge in [-0.2, -0.15) is 9.97 Å². The Morgan fingerprint density at radius 1 is 1.20 bits per heavy atom. The first-order valence-electron chi connectivity index (χ1n) is 6.61. The number of hydrogen-bond donors (Lipinski definition) is 1. The Labute approximate surface area is 122 Å². The summed E-state index contributed by atoms with van der Waals surface area (Å²) in [5.41, 5.74) is 0. The number of aryl methyl sites for hydroxylation is 2. The predicted octanol–water partition coefficient (Wildman–Crippen LogP) is 1.32. The third kappa shape index (κ3) is 3.77. The highest BCUT2D eigenvalue weighted by Gasteiger charge is 2.16. The van der Waals surface area contributed by atoms with Crippen LogP contribution >= 0.6 is 12.4 Å². The van der Waals surface area contributed by atoms with E-state index < -0.39 is 0 Å². The fourth-order valence-electron chi connectivity index (χ4n) is 2.31. The van der Waals surface area contributed by atoms with Gasteiger partial charge in [0.15, 0.2) is 11.6 Å². The second kappa shape index (κ2) is 6.81. The van der Waals surface area contributed by atoms with Crippen LogP contribution in [-0.2, 0) is 12.8 Å². The third-order valence-corrected chi connectivity index (χ3v) is 3.32. The quantitative estimate of drug-likeness (QED) is 0.890. The Morgan fingerprint density at radius 3 is 2.70 bits per heavy atom. The van der Waals surface area contributed by atoms with E-state index in [0.717, 1.165) is 31.8 Å². The normalized spacial score (nSPS) is 18.1. The SMILES string of the molecule is Cc1nc(Cc2noc(CCC3CCNC3)n2)no1.Cl. The number of nitrogens with one attached hydrogen (secondary N) is 1. The molecule has 1 aliphatic rings. The molecule has 0 radical (unpaired) electrons. The van der Waals surface area contributed by atoms with Crippen molar-refractivity contribution in [1.82, 2.24) is 25.6 Å². The van der Waals surface area contributed by atoms with Gasteiger partial charge >= 0.3 is 0 Å². The van der Waals surface area contributed by atoms with E-state index in [1.54, 1.807) is 6.92 Å². The fraction of sp³-hybridized carbons (Fsp3) is 0.667. The predicted molar refractivity (Wildman–Crippen MR) is 72.7 cm³/mol. The molecule has 1 unspecified atom stereocenters. The van der Waals surface area contributed by atoms with Crippen molar-refractivity contribution in [2.75, 3.05) is 13.1 Å². The molecule has 1 aliphatic heterocycles. The summed E-state index contributed by atoms with van der Waals surface area (Å²) in [6.45, 7) is 3.98. The molecule has 20 heavy (non-hydrogen) atoms. The average molecular weight is 300 g/mol. The van der Waals surface area contributed by atoms with Gasteiger partial charge in [0.2, 0.25) is 11.8 Å². The number of halogens is 1. The highest BCUT2D eigenvalue weighted by molar-refractivity contribution is 5.85. The Hall–Kier alpha value is -1.47. The third-order valence-electron chi connectivity index (χ3n) is 3.32. The number of nitrogens with zero attached hydrogens (tertiary/aromatic N) is 4. The first kappa shape index (κ1) is 14.9. The minimum atomic E-state index is 0. The minimum absolute atomic E-state index is 0. The van der Waals surface area contributed by atoms with Crippen LogP contribution in [-0.4, -0.2) is 33.4 Å². The molecule has 110 valence electrons.